The predicted octanol–water partition coefficient (Wildman–Crippen LogP) is -0.862. The lowest BCUT2D eigenvalue weighted by Gasteiger charge is -2.24. The van der Waals surface area contributed by atoms with E-state index in [4.69, 9.17) is 37.9 Å². The average molecular weight is 577 g/mol. The largest absolute Gasteiger partial charge is 0.382 e. The Kier molecular flexibility index (Phi) is 21.9. The van der Waals surface area contributed by atoms with Crippen LogP contribution in [-0.2, 0) is 57.1 Å². The number of nitrogens with one attached hydrogen (secondary N) is 1. The molecule has 0 spiro atoms. The van der Waals surface area contributed by atoms with E-state index < -0.39 is 23.6 Å². The maximum absolute atomic E-state index is 12.0. The highest BCUT2D eigenvalue weighted by Crippen LogP contribution is 2.10. The molecule has 0 fully saturated rings. The van der Waals surface area contributed by atoms with Crippen molar-refractivity contribution < 1.29 is 57.1 Å². The summed E-state index contributed by atoms with van der Waals surface area (Å²) in [7, 11) is 1.63. The van der Waals surface area contributed by atoms with Crippen molar-refractivity contribution in [3.63, 3.8) is 0 Å². The van der Waals surface area contributed by atoms with Crippen LogP contribution in [0.5, 0.6) is 0 Å². The van der Waals surface area contributed by atoms with Gasteiger partial charge in [-0.05, 0) is 6.92 Å². The number of hydrogen-bond donors (Lipinski definition) is 1. The Morgan fingerprint density at radius 1 is 0.650 bits per heavy atom. The molecule has 1 aliphatic heterocycles. The first-order valence-corrected chi connectivity index (χ1v) is 13.3. The van der Waals surface area contributed by atoms with Crippen LogP contribution in [0.2, 0.25) is 0 Å². The van der Waals surface area contributed by atoms with E-state index in [1.807, 2.05) is 0 Å². The molecule has 14 heteroatoms. The minimum atomic E-state index is -1.03. The summed E-state index contributed by atoms with van der Waals surface area (Å²) < 4.78 is 42.5. The summed E-state index contributed by atoms with van der Waals surface area (Å²) in [5, 5.41) is 2.56. The number of ketones is 1. The van der Waals surface area contributed by atoms with Gasteiger partial charge in [-0.3, -0.25) is 24.1 Å². The monoisotopic (exact) mass is 576 g/mol. The third-order valence-corrected chi connectivity index (χ3v) is 5.25. The van der Waals surface area contributed by atoms with Gasteiger partial charge in [0.2, 0.25) is 5.91 Å². The molecule has 40 heavy (non-hydrogen) atoms. The Bertz CT molecular complexity index is 731. The van der Waals surface area contributed by atoms with Gasteiger partial charge in [-0.1, -0.05) is 0 Å². The van der Waals surface area contributed by atoms with Gasteiger partial charge in [-0.2, -0.15) is 0 Å². The third kappa shape index (κ3) is 18.1. The van der Waals surface area contributed by atoms with Crippen LogP contribution >= 0.6 is 0 Å². The summed E-state index contributed by atoms with van der Waals surface area (Å²) >= 11 is 0. The van der Waals surface area contributed by atoms with Crippen molar-refractivity contribution in [2.75, 3.05) is 113 Å². The summed E-state index contributed by atoms with van der Waals surface area (Å²) in [6.45, 7) is 7.82. The molecule has 1 heterocycles. The lowest BCUT2D eigenvalue weighted by molar-refractivity contribution is -0.144. The molecule has 1 aliphatic rings. The Hall–Kier alpha value is -2.30. The first-order chi connectivity index (χ1) is 19.5. The molecular formula is C26H44N2O12. The fourth-order valence-electron chi connectivity index (χ4n) is 3.16. The van der Waals surface area contributed by atoms with Crippen molar-refractivity contribution >= 4 is 23.5 Å². The Balaban J connectivity index is 1.82. The first kappa shape index (κ1) is 35.7. The molecule has 0 bridgehead atoms. The highest BCUT2D eigenvalue weighted by Gasteiger charge is 2.34. The van der Waals surface area contributed by atoms with E-state index in [-0.39, 0.29) is 25.5 Å². The van der Waals surface area contributed by atoms with Gasteiger partial charge in [0.1, 0.15) is 6.04 Å². The Morgan fingerprint density at radius 2 is 1.00 bits per heavy atom. The number of methoxy groups -OCH3 is 1. The molecule has 0 aliphatic carbocycles. The maximum atomic E-state index is 12.0. The van der Waals surface area contributed by atoms with Gasteiger partial charge in [0.05, 0.1) is 99.1 Å². The van der Waals surface area contributed by atoms with Gasteiger partial charge in [-0.15, -0.1) is 0 Å². The molecule has 0 aromatic carbocycles. The molecule has 0 saturated carbocycles. The van der Waals surface area contributed by atoms with Crippen molar-refractivity contribution in [2.24, 2.45) is 0 Å². The molecule has 230 valence electrons. The molecule has 14 nitrogen and oxygen atoms in total. The van der Waals surface area contributed by atoms with Crippen LogP contribution in [0.3, 0.4) is 0 Å². The Morgan fingerprint density at radius 3 is 1.35 bits per heavy atom. The van der Waals surface area contributed by atoms with Crippen LogP contribution in [0.25, 0.3) is 0 Å². The number of carbonyl (C=O) groups is 4. The molecule has 0 aromatic heterocycles. The number of rotatable bonds is 28. The third-order valence-electron chi connectivity index (χ3n) is 5.25. The normalized spacial score (nSPS) is 13.8. The second-order valence-corrected chi connectivity index (χ2v) is 8.34. The minimum absolute atomic E-state index is 0.0673. The first-order valence-electron chi connectivity index (χ1n) is 13.3. The molecule has 1 N–H and O–H groups in total. The number of hydrogen-bond acceptors (Lipinski definition) is 12. The van der Waals surface area contributed by atoms with E-state index in [1.165, 1.54) is 6.92 Å². The predicted molar refractivity (Wildman–Crippen MR) is 141 cm³/mol. The van der Waals surface area contributed by atoms with E-state index >= 15 is 0 Å². The quantitative estimate of drug-likeness (QED) is 0.0909. The second kappa shape index (κ2) is 24.5. The van der Waals surface area contributed by atoms with E-state index in [2.05, 4.69) is 5.32 Å². The maximum Gasteiger partial charge on any atom is 0.254 e. The van der Waals surface area contributed by atoms with Crippen LogP contribution in [0.4, 0.5) is 0 Å². The van der Waals surface area contributed by atoms with Crippen molar-refractivity contribution in [3.05, 3.63) is 12.2 Å². The van der Waals surface area contributed by atoms with Gasteiger partial charge < -0.3 is 43.2 Å². The number of Topliss-reactive ketones (excluding diaryl/α,β-unsaturated/α-hetero) is 1. The summed E-state index contributed by atoms with van der Waals surface area (Å²) in [5.74, 6) is -1.89. The standard InChI is InChI=1S/C26H44N2O12/c1-22(29)23(28-25(31)3-4-26(28)32)21-27-24(30)5-6-34-9-10-36-13-14-38-17-18-40-20-19-39-16-15-37-12-11-35-8-7-33-2/h3-4,23H,5-21H2,1-2H3,(H,27,30). The van der Waals surface area contributed by atoms with Crippen LogP contribution in [-0.4, -0.2) is 147 Å². The van der Waals surface area contributed by atoms with Crippen molar-refractivity contribution in [1.29, 1.82) is 0 Å². The van der Waals surface area contributed by atoms with E-state index in [1.54, 1.807) is 7.11 Å². The molecule has 0 radical (unpaired) electrons. The van der Waals surface area contributed by atoms with Gasteiger partial charge >= 0.3 is 0 Å². The number of nitrogens with zero attached hydrogens (tertiary/aromatic N) is 1. The van der Waals surface area contributed by atoms with Crippen LogP contribution in [0.1, 0.15) is 13.3 Å². The highest BCUT2D eigenvalue weighted by atomic mass is 16.6. The molecule has 1 atom stereocenters. The van der Waals surface area contributed by atoms with Gasteiger partial charge in [0.25, 0.3) is 11.8 Å². The van der Waals surface area contributed by atoms with Crippen molar-refractivity contribution in [2.45, 2.75) is 19.4 Å². The molecule has 1 rings (SSSR count). The highest BCUT2D eigenvalue weighted by molar-refractivity contribution is 6.15. The fraction of sp³-hybridized carbons (Fsp3) is 0.769. The fourth-order valence-corrected chi connectivity index (χ4v) is 3.16. The number of carbonyl (C=O) groups excluding carboxylic acids is 4. The summed E-state index contributed by atoms with van der Waals surface area (Å²) in [5.41, 5.74) is 0. The molecular weight excluding hydrogens is 532 g/mol. The molecule has 0 saturated heterocycles. The van der Waals surface area contributed by atoms with Gasteiger partial charge in [-0.25, -0.2) is 0 Å². The van der Waals surface area contributed by atoms with Gasteiger partial charge in [0.15, 0.2) is 5.78 Å². The topological polar surface area (TPSA) is 157 Å². The van der Waals surface area contributed by atoms with E-state index in [9.17, 15) is 19.2 Å². The van der Waals surface area contributed by atoms with E-state index in [0.717, 1.165) is 17.1 Å². The zero-order chi connectivity index (χ0) is 29.3. The summed E-state index contributed by atoms with van der Waals surface area (Å²) in [6.07, 6.45) is 2.26. The number of imide groups is 1. The minimum Gasteiger partial charge on any atom is -0.382 e. The number of ether oxygens (including phenoxy) is 8. The lowest BCUT2D eigenvalue weighted by atomic mass is 10.1. The molecule has 0 aromatic rings. The van der Waals surface area contributed by atoms with Crippen LogP contribution in [0, 0.1) is 0 Å². The average Bonchev–Trinajstić information content (AvgIpc) is 3.26. The van der Waals surface area contributed by atoms with Crippen molar-refractivity contribution in [1.82, 2.24) is 10.2 Å². The zero-order valence-electron chi connectivity index (χ0n) is 23.6. The smallest absolute Gasteiger partial charge is 0.254 e. The molecule has 1 unspecified atom stereocenters. The summed E-state index contributed by atoms with van der Waals surface area (Å²) in [4.78, 5) is 48.1. The van der Waals surface area contributed by atoms with E-state index in [0.29, 0.717) is 92.5 Å². The number of amides is 3. The second-order valence-electron chi connectivity index (χ2n) is 8.34. The van der Waals surface area contributed by atoms with Crippen molar-refractivity contribution in [3.8, 4) is 0 Å². The van der Waals surface area contributed by atoms with Crippen LogP contribution < -0.4 is 5.32 Å². The van der Waals surface area contributed by atoms with Crippen LogP contribution in [0.15, 0.2) is 12.2 Å². The Labute approximate surface area is 235 Å². The lowest BCUT2D eigenvalue weighted by Crippen LogP contribution is -2.50. The molecule has 3 amide bonds. The zero-order valence-corrected chi connectivity index (χ0v) is 23.6. The SMILES string of the molecule is COCCOCCOCCOCCOCCOCCOCCOCCC(=O)NCC(C(C)=O)N1C(=O)C=CC1=O. The summed E-state index contributed by atoms with van der Waals surface area (Å²) in [6, 6.07) is -1.03. The van der Waals surface area contributed by atoms with Gasteiger partial charge in [0, 0.05) is 32.2 Å².